The summed E-state index contributed by atoms with van der Waals surface area (Å²) >= 11 is 1.51. The van der Waals surface area contributed by atoms with Gasteiger partial charge in [-0.1, -0.05) is 12.1 Å². The van der Waals surface area contributed by atoms with Gasteiger partial charge in [0.2, 0.25) is 10.0 Å². The predicted octanol–water partition coefficient (Wildman–Crippen LogP) is 3.52. The minimum atomic E-state index is -3.56. The molecule has 0 aliphatic carbocycles. The molecule has 2 aromatic carbocycles. The highest BCUT2D eigenvalue weighted by molar-refractivity contribution is 7.89. The Labute approximate surface area is 145 Å². The zero-order valence-corrected chi connectivity index (χ0v) is 15.1. The van der Waals surface area contributed by atoms with Crippen LogP contribution in [0.2, 0.25) is 0 Å². The van der Waals surface area contributed by atoms with Crippen molar-refractivity contribution in [1.82, 2.24) is 9.29 Å². The molecule has 1 aromatic heterocycles. The lowest BCUT2D eigenvalue weighted by atomic mass is 10.3. The smallest absolute Gasteiger partial charge is 0.243 e. The first-order valence-electron chi connectivity index (χ1n) is 7.54. The Morgan fingerprint density at radius 1 is 1.12 bits per heavy atom. The van der Waals surface area contributed by atoms with Crippen LogP contribution in [0.4, 0.5) is 0 Å². The molecule has 3 aromatic rings. The van der Waals surface area contributed by atoms with Gasteiger partial charge >= 0.3 is 0 Å². The van der Waals surface area contributed by atoms with E-state index in [0.29, 0.717) is 12.4 Å². The maximum atomic E-state index is 12.7. The zero-order chi connectivity index (χ0) is 17.2. The van der Waals surface area contributed by atoms with Crippen LogP contribution in [-0.2, 0) is 16.6 Å². The summed E-state index contributed by atoms with van der Waals surface area (Å²) in [6.07, 6.45) is 0. The summed E-state index contributed by atoms with van der Waals surface area (Å²) in [6, 6.07) is 14.2. The second-order valence-electron chi connectivity index (χ2n) is 5.24. The molecule has 7 heteroatoms. The molecule has 1 heterocycles. The molecule has 0 radical (unpaired) electrons. The van der Waals surface area contributed by atoms with Crippen molar-refractivity contribution >= 4 is 31.6 Å². The average molecular weight is 362 g/mol. The Morgan fingerprint density at radius 2 is 1.83 bits per heavy atom. The van der Waals surface area contributed by atoms with E-state index in [1.807, 2.05) is 31.2 Å². The molecule has 5 nitrogen and oxygen atoms in total. The number of ether oxygens (including phenoxy) is 1. The number of rotatable bonds is 6. The molecule has 0 amide bonds. The van der Waals surface area contributed by atoms with E-state index < -0.39 is 10.0 Å². The maximum absolute atomic E-state index is 12.7. The minimum Gasteiger partial charge on any atom is -0.494 e. The van der Waals surface area contributed by atoms with Gasteiger partial charge in [-0.15, -0.1) is 11.3 Å². The first-order chi connectivity index (χ1) is 11.5. The van der Waals surface area contributed by atoms with Gasteiger partial charge in [-0.2, -0.15) is 4.31 Å². The molecule has 0 bridgehead atoms. The lowest BCUT2D eigenvalue weighted by Crippen LogP contribution is -2.26. The molecular weight excluding hydrogens is 344 g/mol. The summed E-state index contributed by atoms with van der Waals surface area (Å²) in [5, 5.41) is 0.771. The molecule has 0 N–H and O–H groups in total. The first-order valence-corrected chi connectivity index (χ1v) is 9.80. The molecule has 0 saturated heterocycles. The summed E-state index contributed by atoms with van der Waals surface area (Å²) in [7, 11) is -1.99. The van der Waals surface area contributed by atoms with Crippen molar-refractivity contribution in [3.05, 3.63) is 53.5 Å². The molecule has 24 heavy (non-hydrogen) atoms. The van der Waals surface area contributed by atoms with Gasteiger partial charge in [-0.25, -0.2) is 13.4 Å². The maximum Gasteiger partial charge on any atom is 0.243 e. The van der Waals surface area contributed by atoms with Crippen molar-refractivity contribution < 1.29 is 13.2 Å². The standard InChI is InChI=1S/C17H18N2O3S2/c1-3-22-13-8-10-14(11-9-13)24(20,21)19(2)12-17-18-15-6-4-5-7-16(15)23-17/h4-11H,3,12H2,1-2H3. The minimum absolute atomic E-state index is 0.245. The summed E-state index contributed by atoms with van der Waals surface area (Å²) in [4.78, 5) is 4.74. The van der Waals surface area contributed by atoms with Gasteiger partial charge in [0.1, 0.15) is 10.8 Å². The number of fused-ring (bicyclic) bond motifs is 1. The Balaban J connectivity index is 1.80. The largest absolute Gasteiger partial charge is 0.494 e. The zero-order valence-electron chi connectivity index (χ0n) is 13.5. The summed E-state index contributed by atoms with van der Waals surface area (Å²) < 4.78 is 33.1. The molecule has 0 atom stereocenters. The monoisotopic (exact) mass is 362 g/mol. The second kappa shape index (κ2) is 6.88. The highest BCUT2D eigenvalue weighted by Crippen LogP contribution is 2.25. The number of nitrogens with zero attached hydrogens (tertiary/aromatic N) is 2. The third-order valence-corrected chi connectivity index (χ3v) is 6.38. The number of thiazole rings is 1. The second-order valence-corrected chi connectivity index (χ2v) is 8.40. The van der Waals surface area contributed by atoms with Crippen LogP contribution in [0.5, 0.6) is 5.75 Å². The van der Waals surface area contributed by atoms with Crippen LogP contribution >= 0.6 is 11.3 Å². The van der Waals surface area contributed by atoms with Crippen LogP contribution in [0.3, 0.4) is 0 Å². The summed E-state index contributed by atoms with van der Waals surface area (Å²) in [6.45, 7) is 2.68. The van der Waals surface area contributed by atoms with E-state index in [1.54, 1.807) is 31.3 Å². The van der Waals surface area contributed by atoms with Crippen molar-refractivity contribution in [3.8, 4) is 5.75 Å². The van der Waals surface area contributed by atoms with Gasteiger partial charge in [-0.05, 0) is 43.3 Å². The topological polar surface area (TPSA) is 59.5 Å². The van der Waals surface area contributed by atoms with Gasteiger partial charge in [0.15, 0.2) is 0 Å². The Bertz CT molecular complexity index is 901. The first kappa shape index (κ1) is 16.9. The quantitative estimate of drug-likeness (QED) is 0.673. The van der Waals surface area contributed by atoms with Gasteiger partial charge < -0.3 is 4.74 Å². The lowest BCUT2D eigenvalue weighted by Gasteiger charge is -2.16. The SMILES string of the molecule is CCOc1ccc(S(=O)(=O)N(C)Cc2nc3ccccc3s2)cc1. The van der Waals surface area contributed by atoms with Crippen LogP contribution in [0, 0.1) is 0 Å². The molecular formula is C17H18N2O3S2. The van der Waals surface area contributed by atoms with E-state index in [1.165, 1.54) is 15.6 Å². The molecule has 0 spiro atoms. The highest BCUT2D eigenvalue weighted by Gasteiger charge is 2.22. The van der Waals surface area contributed by atoms with Crippen LogP contribution < -0.4 is 4.74 Å². The van der Waals surface area contributed by atoms with E-state index >= 15 is 0 Å². The normalized spacial score (nSPS) is 12.0. The fourth-order valence-electron chi connectivity index (χ4n) is 2.32. The number of hydrogen-bond donors (Lipinski definition) is 0. The van der Waals surface area contributed by atoms with E-state index in [4.69, 9.17) is 4.74 Å². The van der Waals surface area contributed by atoms with Crippen LogP contribution in [-0.4, -0.2) is 31.4 Å². The molecule has 0 unspecified atom stereocenters. The number of para-hydroxylation sites is 1. The van der Waals surface area contributed by atoms with Crippen molar-refractivity contribution in [2.45, 2.75) is 18.4 Å². The van der Waals surface area contributed by atoms with E-state index in [-0.39, 0.29) is 11.4 Å². The third kappa shape index (κ3) is 3.43. The van der Waals surface area contributed by atoms with Crippen LogP contribution in [0.25, 0.3) is 10.2 Å². The number of aromatic nitrogens is 1. The predicted molar refractivity (Wildman–Crippen MR) is 95.9 cm³/mol. The summed E-state index contributed by atoms with van der Waals surface area (Å²) in [5.41, 5.74) is 0.893. The number of benzene rings is 2. The fourth-order valence-corrected chi connectivity index (χ4v) is 4.55. The Morgan fingerprint density at radius 3 is 2.50 bits per heavy atom. The van der Waals surface area contributed by atoms with E-state index in [9.17, 15) is 8.42 Å². The van der Waals surface area contributed by atoms with Crippen molar-refractivity contribution in [2.75, 3.05) is 13.7 Å². The van der Waals surface area contributed by atoms with Gasteiger partial charge in [0.05, 0.1) is 28.3 Å². The molecule has 0 aliphatic heterocycles. The highest BCUT2D eigenvalue weighted by atomic mass is 32.2. The molecule has 0 saturated carbocycles. The number of sulfonamides is 1. The van der Waals surface area contributed by atoms with Crippen molar-refractivity contribution in [3.63, 3.8) is 0 Å². The number of hydrogen-bond acceptors (Lipinski definition) is 5. The van der Waals surface area contributed by atoms with Gasteiger partial charge in [0.25, 0.3) is 0 Å². The lowest BCUT2D eigenvalue weighted by molar-refractivity contribution is 0.340. The molecule has 126 valence electrons. The fraction of sp³-hybridized carbons (Fsp3) is 0.235. The van der Waals surface area contributed by atoms with Crippen molar-refractivity contribution in [1.29, 1.82) is 0 Å². The Hall–Kier alpha value is -1.96. The van der Waals surface area contributed by atoms with E-state index in [2.05, 4.69) is 4.98 Å². The molecule has 3 rings (SSSR count). The molecule has 0 fully saturated rings. The third-order valence-electron chi connectivity index (χ3n) is 3.54. The summed E-state index contributed by atoms with van der Waals surface area (Å²) in [5.74, 6) is 0.658. The van der Waals surface area contributed by atoms with Gasteiger partial charge in [0, 0.05) is 7.05 Å². The van der Waals surface area contributed by atoms with Crippen molar-refractivity contribution in [2.24, 2.45) is 0 Å². The Kier molecular flexibility index (Phi) is 4.84. The van der Waals surface area contributed by atoms with Crippen LogP contribution in [0.1, 0.15) is 11.9 Å². The van der Waals surface area contributed by atoms with E-state index in [0.717, 1.165) is 15.2 Å². The average Bonchev–Trinajstić information content (AvgIpc) is 2.98. The van der Waals surface area contributed by atoms with Crippen LogP contribution in [0.15, 0.2) is 53.4 Å². The van der Waals surface area contributed by atoms with Gasteiger partial charge in [-0.3, -0.25) is 0 Å². The molecule has 0 aliphatic rings.